The summed E-state index contributed by atoms with van der Waals surface area (Å²) >= 11 is 0. The van der Waals surface area contributed by atoms with Crippen molar-refractivity contribution >= 4 is 6.03 Å². The quantitative estimate of drug-likeness (QED) is 0.483. The molecule has 10 heavy (non-hydrogen) atoms. The first kappa shape index (κ1) is 7.34. The number of carbonyl (C=O) groups excluding carboxylic acids is 1. The smallest absolute Gasteiger partial charge is 0.312 e. The third-order valence-corrected chi connectivity index (χ3v) is 1.69. The third kappa shape index (κ3) is 2.23. The first-order valence-electron chi connectivity index (χ1n) is 3.56. The number of urea groups is 1. The van der Waals surface area contributed by atoms with Crippen molar-refractivity contribution in [3.63, 3.8) is 0 Å². The van der Waals surface area contributed by atoms with Gasteiger partial charge in [0.1, 0.15) is 0 Å². The zero-order valence-corrected chi connectivity index (χ0v) is 5.89. The summed E-state index contributed by atoms with van der Waals surface area (Å²) in [7, 11) is 0. The lowest BCUT2D eigenvalue weighted by Crippen LogP contribution is -2.39. The van der Waals surface area contributed by atoms with Crippen LogP contribution >= 0.6 is 0 Å². The summed E-state index contributed by atoms with van der Waals surface area (Å²) in [4.78, 5) is 10.2. The maximum atomic E-state index is 10.2. The van der Waals surface area contributed by atoms with Gasteiger partial charge < -0.3 is 16.4 Å². The number of nitrogens with two attached hydrogens (primary N) is 1. The number of hydrogen-bond acceptors (Lipinski definition) is 2. The van der Waals surface area contributed by atoms with Crippen LogP contribution < -0.4 is 16.4 Å². The standard InChI is InChI=1S/C6H13N3O/c7-6(10)9-4-5-2-1-3-8-5/h5,8H,1-4H2,(H3,7,9,10)/t5-/m1/s1. The number of nitrogens with one attached hydrogen (secondary N) is 2. The molecule has 1 heterocycles. The lowest BCUT2D eigenvalue weighted by Gasteiger charge is -2.08. The normalized spacial score (nSPS) is 24.6. The summed E-state index contributed by atoms with van der Waals surface area (Å²) in [5.41, 5.74) is 4.89. The van der Waals surface area contributed by atoms with E-state index in [4.69, 9.17) is 5.73 Å². The topological polar surface area (TPSA) is 67.2 Å². The highest BCUT2D eigenvalue weighted by atomic mass is 16.2. The van der Waals surface area contributed by atoms with Gasteiger partial charge in [-0.3, -0.25) is 0 Å². The van der Waals surface area contributed by atoms with Crippen LogP contribution in [0.25, 0.3) is 0 Å². The van der Waals surface area contributed by atoms with Crippen LogP contribution in [0.1, 0.15) is 12.8 Å². The van der Waals surface area contributed by atoms with Crippen LogP contribution in [-0.4, -0.2) is 25.2 Å². The van der Waals surface area contributed by atoms with Crippen molar-refractivity contribution < 1.29 is 4.79 Å². The van der Waals surface area contributed by atoms with Crippen LogP contribution in [0, 0.1) is 0 Å². The molecule has 2 amide bonds. The van der Waals surface area contributed by atoms with Crippen molar-refractivity contribution in [1.82, 2.24) is 10.6 Å². The molecular formula is C6H13N3O. The summed E-state index contributed by atoms with van der Waals surface area (Å²) in [6.07, 6.45) is 2.34. The largest absolute Gasteiger partial charge is 0.352 e. The second kappa shape index (κ2) is 3.41. The fourth-order valence-corrected chi connectivity index (χ4v) is 1.15. The molecule has 1 aliphatic heterocycles. The van der Waals surface area contributed by atoms with Gasteiger partial charge in [-0.25, -0.2) is 4.79 Å². The van der Waals surface area contributed by atoms with Gasteiger partial charge in [0.15, 0.2) is 0 Å². The number of hydrogen-bond donors (Lipinski definition) is 3. The summed E-state index contributed by atoms with van der Waals surface area (Å²) in [6, 6.07) is 0.00111. The van der Waals surface area contributed by atoms with Gasteiger partial charge >= 0.3 is 6.03 Å². The summed E-state index contributed by atoms with van der Waals surface area (Å²) in [5.74, 6) is 0. The minimum atomic E-state index is -0.436. The van der Waals surface area contributed by atoms with E-state index in [1.807, 2.05) is 0 Å². The highest BCUT2D eigenvalue weighted by Gasteiger charge is 2.13. The Bertz CT molecular complexity index is 120. The van der Waals surface area contributed by atoms with Crippen LogP contribution in [-0.2, 0) is 0 Å². The molecule has 1 aliphatic rings. The Balaban J connectivity index is 2.07. The Hall–Kier alpha value is -0.770. The molecule has 0 radical (unpaired) electrons. The average Bonchev–Trinajstić information content (AvgIpc) is 2.34. The van der Waals surface area contributed by atoms with Gasteiger partial charge in [-0.05, 0) is 19.4 Å². The SMILES string of the molecule is NC(=O)NC[C@H]1CCCN1. The van der Waals surface area contributed by atoms with Crippen molar-refractivity contribution in [3.05, 3.63) is 0 Å². The van der Waals surface area contributed by atoms with Crippen molar-refractivity contribution in [1.29, 1.82) is 0 Å². The van der Waals surface area contributed by atoms with Crippen LogP contribution in [0.4, 0.5) is 4.79 Å². The minimum absolute atomic E-state index is 0.436. The molecule has 0 unspecified atom stereocenters. The minimum Gasteiger partial charge on any atom is -0.352 e. The molecule has 0 spiro atoms. The number of amides is 2. The van der Waals surface area contributed by atoms with Crippen LogP contribution in [0.15, 0.2) is 0 Å². The van der Waals surface area contributed by atoms with E-state index >= 15 is 0 Å². The Morgan fingerprint density at radius 2 is 2.60 bits per heavy atom. The van der Waals surface area contributed by atoms with E-state index in [1.165, 1.54) is 6.42 Å². The van der Waals surface area contributed by atoms with Crippen molar-refractivity contribution in [2.24, 2.45) is 5.73 Å². The van der Waals surface area contributed by atoms with E-state index in [2.05, 4.69) is 10.6 Å². The molecule has 0 aromatic rings. The highest BCUT2D eigenvalue weighted by Crippen LogP contribution is 2.02. The molecule has 1 fully saturated rings. The third-order valence-electron chi connectivity index (χ3n) is 1.69. The predicted molar refractivity (Wildman–Crippen MR) is 38.6 cm³/mol. The summed E-state index contributed by atoms with van der Waals surface area (Å²) in [6.45, 7) is 1.72. The fraction of sp³-hybridized carbons (Fsp3) is 0.833. The first-order chi connectivity index (χ1) is 4.79. The highest BCUT2D eigenvalue weighted by molar-refractivity contribution is 5.71. The average molecular weight is 143 g/mol. The number of rotatable bonds is 2. The van der Waals surface area contributed by atoms with Crippen molar-refractivity contribution in [3.8, 4) is 0 Å². The molecule has 0 aromatic carbocycles. The van der Waals surface area contributed by atoms with E-state index in [1.54, 1.807) is 0 Å². The summed E-state index contributed by atoms with van der Waals surface area (Å²) < 4.78 is 0. The molecule has 0 saturated carbocycles. The number of primary amides is 1. The van der Waals surface area contributed by atoms with Gasteiger partial charge in [0, 0.05) is 12.6 Å². The lowest BCUT2D eigenvalue weighted by atomic mass is 10.2. The lowest BCUT2D eigenvalue weighted by molar-refractivity contribution is 0.248. The maximum absolute atomic E-state index is 10.2. The van der Waals surface area contributed by atoms with E-state index in [9.17, 15) is 4.79 Å². The zero-order chi connectivity index (χ0) is 7.40. The van der Waals surface area contributed by atoms with Gasteiger partial charge in [0.25, 0.3) is 0 Å². The number of carbonyl (C=O) groups is 1. The fourth-order valence-electron chi connectivity index (χ4n) is 1.15. The van der Waals surface area contributed by atoms with E-state index in [0.29, 0.717) is 12.6 Å². The maximum Gasteiger partial charge on any atom is 0.312 e. The van der Waals surface area contributed by atoms with Gasteiger partial charge in [-0.15, -0.1) is 0 Å². The molecule has 4 nitrogen and oxygen atoms in total. The molecule has 0 aromatic heterocycles. The van der Waals surface area contributed by atoms with E-state index in [-0.39, 0.29) is 0 Å². The molecule has 4 N–H and O–H groups in total. The van der Waals surface area contributed by atoms with Crippen molar-refractivity contribution in [2.75, 3.05) is 13.1 Å². The molecule has 0 aliphatic carbocycles. The van der Waals surface area contributed by atoms with E-state index in [0.717, 1.165) is 13.0 Å². The Morgan fingerprint density at radius 3 is 3.10 bits per heavy atom. The van der Waals surface area contributed by atoms with Gasteiger partial charge in [0.05, 0.1) is 0 Å². The molecule has 1 atom stereocenters. The zero-order valence-electron chi connectivity index (χ0n) is 5.89. The van der Waals surface area contributed by atoms with E-state index < -0.39 is 6.03 Å². The van der Waals surface area contributed by atoms with Gasteiger partial charge in [-0.1, -0.05) is 0 Å². The Labute approximate surface area is 60.2 Å². The van der Waals surface area contributed by atoms with Crippen molar-refractivity contribution in [2.45, 2.75) is 18.9 Å². The second-order valence-electron chi connectivity index (χ2n) is 2.54. The molecular weight excluding hydrogens is 130 g/mol. The van der Waals surface area contributed by atoms with Crippen LogP contribution in [0.3, 0.4) is 0 Å². The first-order valence-corrected chi connectivity index (χ1v) is 3.56. The van der Waals surface area contributed by atoms with Crippen LogP contribution in [0.5, 0.6) is 0 Å². The Morgan fingerprint density at radius 1 is 1.80 bits per heavy atom. The summed E-state index contributed by atoms with van der Waals surface area (Å²) in [5, 5.41) is 5.81. The van der Waals surface area contributed by atoms with Gasteiger partial charge in [0.2, 0.25) is 0 Å². The molecule has 0 bridgehead atoms. The monoisotopic (exact) mass is 143 g/mol. The van der Waals surface area contributed by atoms with Crippen LogP contribution in [0.2, 0.25) is 0 Å². The molecule has 4 heteroatoms. The molecule has 1 rings (SSSR count). The van der Waals surface area contributed by atoms with Gasteiger partial charge in [-0.2, -0.15) is 0 Å². The molecule has 58 valence electrons. The molecule has 1 saturated heterocycles. The Kier molecular flexibility index (Phi) is 2.50. The predicted octanol–water partition coefficient (Wildman–Crippen LogP) is -0.593. The second-order valence-corrected chi connectivity index (χ2v) is 2.54.